The molecule has 3 fully saturated rings. The number of hydrogen-bond donors (Lipinski definition) is 1. The standard InChI is InChI=1S/C32H39F4N3O3/c1-21-24(11-7-12-26(21)33)27-25(29(41)22-9-6-10-23(40)19-22)20-39(18-3-2-13-37-14-8-15-37)30(32(34,35)36)28(27)31(42)38-16-4-5-17-38/h6-7,9-12,19,25,27-28,30,40H,2-5,8,13-18,20H2,1H3/t25-,27+,28-,30-/m0/s1. The summed E-state index contributed by atoms with van der Waals surface area (Å²) >= 11 is 0. The molecule has 0 unspecified atom stereocenters. The predicted molar refractivity (Wildman–Crippen MR) is 151 cm³/mol. The Kier molecular flexibility index (Phi) is 9.23. The summed E-state index contributed by atoms with van der Waals surface area (Å²) in [6.45, 7) is 4.85. The first-order valence-corrected chi connectivity index (χ1v) is 15.0. The largest absolute Gasteiger partial charge is 0.508 e. The van der Waals surface area contributed by atoms with Crippen LogP contribution in [0, 0.1) is 24.6 Å². The first-order valence-electron chi connectivity index (χ1n) is 15.0. The van der Waals surface area contributed by atoms with Crippen molar-refractivity contribution in [2.24, 2.45) is 11.8 Å². The van der Waals surface area contributed by atoms with Crippen LogP contribution in [0.2, 0.25) is 0 Å². The maximum atomic E-state index is 15.2. The predicted octanol–water partition coefficient (Wildman–Crippen LogP) is 5.39. The SMILES string of the molecule is Cc1c(F)cccc1[C@H]1[C@H](C(=O)N2CCCC2)[C@@H](C(F)(F)F)N(CCCCN2CCC2)C[C@@H]1C(=O)c1cccc(O)c1. The number of hydrogen-bond acceptors (Lipinski definition) is 5. The van der Waals surface area contributed by atoms with Crippen molar-refractivity contribution in [1.29, 1.82) is 0 Å². The summed E-state index contributed by atoms with van der Waals surface area (Å²) in [5, 5.41) is 10.1. The number of carbonyl (C=O) groups excluding carboxylic acids is 2. The van der Waals surface area contributed by atoms with E-state index >= 15 is 13.2 Å². The highest BCUT2D eigenvalue weighted by Gasteiger charge is 2.60. The van der Waals surface area contributed by atoms with Crippen molar-refractivity contribution in [1.82, 2.24) is 14.7 Å². The van der Waals surface area contributed by atoms with E-state index in [0.29, 0.717) is 38.8 Å². The lowest BCUT2D eigenvalue weighted by atomic mass is 9.66. The molecule has 3 heterocycles. The molecule has 4 atom stereocenters. The number of likely N-dealkylation sites (tertiary alicyclic amines) is 3. The zero-order valence-corrected chi connectivity index (χ0v) is 24.0. The van der Waals surface area contributed by atoms with Crippen LogP contribution in [0.3, 0.4) is 0 Å². The summed E-state index contributed by atoms with van der Waals surface area (Å²) in [6.07, 6.45) is -1.03. The molecule has 6 nitrogen and oxygen atoms in total. The second-order valence-electron chi connectivity index (χ2n) is 11.9. The minimum absolute atomic E-state index is 0.0838. The topological polar surface area (TPSA) is 64.1 Å². The van der Waals surface area contributed by atoms with E-state index in [4.69, 9.17) is 0 Å². The average molecular weight is 590 g/mol. The number of phenols is 1. The zero-order valence-electron chi connectivity index (χ0n) is 24.0. The van der Waals surface area contributed by atoms with Gasteiger partial charge in [0.15, 0.2) is 5.78 Å². The number of amides is 1. The Labute approximate surface area is 244 Å². The summed E-state index contributed by atoms with van der Waals surface area (Å²) in [7, 11) is 0. The Bertz CT molecular complexity index is 1280. The lowest BCUT2D eigenvalue weighted by molar-refractivity contribution is -0.214. The molecule has 0 aliphatic carbocycles. The van der Waals surface area contributed by atoms with Crippen molar-refractivity contribution in [2.75, 3.05) is 45.8 Å². The van der Waals surface area contributed by atoms with E-state index in [1.54, 1.807) is 6.07 Å². The lowest BCUT2D eigenvalue weighted by Crippen LogP contribution is -2.63. The van der Waals surface area contributed by atoms with E-state index in [1.165, 1.54) is 53.1 Å². The third kappa shape index (κ3) is 6.34. The van der Waals surface area contributed by atoms with Crippen molar-refractivity contribution in [2.45, 2.75) is 57.2 Å². The van der Waals surface area contributed by atoms with Crippen molar-refractivity contribution in [3.8, 4) is 5.75 Å². The molecule has 0 radical (unpaired) electrons. The third-order valence-corrected chi connectivity index (χ3v) is 9.28. The highest BCUT2D eigenvalue weighted by atomic mass is 19.4. The van der Waals surface area contributed by atoms with Gasteiger partial charge >= 0.3 is 6.18 Å². The molecular weight excluding hydrogens is 550 g/mol. The fourth-order valence-corrected chi connectivity index (χ4v) is 7.00. The quantitative estimate of drug-likeness (QED) is 0.241. The molecule has 2 aromatic carbocycles. The molecule has 0 aromatic heterocycles. The van der Waals surface area contributed by atoms with Gasteiger partial charge in [0.1, 0.15) is 17.6 Å². The molecule has 5 rings (SSSR count). The second kappa shape index (κ2) is 12.7. The number of piperidine rings is 1. The average Bonchev–Trinajstić information content (AvgIpc) is 3.47. The molecule has 10 heteroatoms. The summed E-state index contributed by atoms with van der Waals surface area (Å²) in [5.41, 5.74) is 0.534. The third-order valence-electron chi connectivity index (χ3n) is 9.28. The number of unbranched alkanes of at least 4 members (excludes halogenated alkanes) is 1. The Morgan fingerprint density at radius 1 is 0.952 bits per heavy atom. The second-order valence-corrected chi connectivity index (χ2v) is 11.9. The van der Waals surface area contributed by atoms with Gasteiger partial charge in [-0.1, -0.05) is 24.3 Å². The van der Waals surface area contributed by atoms with Crippen LogP contribution < -0.4 is 0 Å². The van der Waals surface area contributed by atoms with E-state index in [2.05, 4.69) is 4.90 Å². The number of nitrogens with zero attached hydrogens (tertiary/aromatic N) is 3. The minimum Gasteiger partial charge on any atom is -0.508 e. The van der Waals surface area contributed by atoms with Gasteiger partial charge in [-0.2, -0.15) is 13.2 Å². The fourth-order valence-electron chi connectivity index (χ4n) is 7.00. The summed E-state index contributed by atoms with van der Waals surface area (Å²) in [4.78, 5) is 33.3. The number of alkyl halides is 3. The van der Waals surface area contributed by atoms with E-state index in [9.17, 15) is 19.1 Å². The molecule has 1 amide bonds. The molecule has 3 aliphatic rings. The molecule has 0 saturated carbocycles. The van der Waals surface area contributed by atoms with Gasteiger partial charge in [0.2, 0.25) is 5.91 Å². The summed E-state index contributed by atoms with van der Waals surface area (Å²) < 4.78 is 60.4. The molecule has 42 heavy (non-hydrogen) atoms. The Morgan fingerprint density at radius 2 is 1.64 bits per heavy atom. The number of halogens is 4. The first-order chi connectivity index (χ1) is 20.1. The van der Waals surface area contributed by atoms with E-state index in [-0.39, 0.29) is 35.5 Å². The van der Waals surface area contributed by atoms with E-state index < -0.39 is 47.5 Å². The molecule has 0 bridgehead atoms. The summed E-state index contributed by atoms with van der Waals surface area (Å²) in [5.74, 6) is -5.73. The number of aromatic hydroxyl groups is 1. The van der Waals surface area contributed by atoms with Crippen LogP contribution in [0.25, 0.3) is 0 Å². The molecule has 1 N–H and O–H groups in total. The van der Waals surface area contributed by atoms with Gasteiger partial charge in [0.05, 0.1) is 5.92 Å². The van der Waals surface area contributed by atoms with Crippen LogP contribution in [-0.4, -0.2) is 89.5 Å². The van der Waals surface area contributed by atoms with Gasteiger partial charge < -0.3 is 14.9 Å². The van der Waals surface area contributed by atoms with Gasteiger partial charge in [-0.05, 0) is 94.5 Å². The van der Waals surface area contributed by atoms with Gasteiger partial charge in [0, 0.05) is 37.0 Å². The van der Waals surface area contributed by atoms with Gasteiger partial charge in [-0.25, -0.2) is 4.39 Å². The van der Waals surface area contributed by atoms with Crippen LogP contribution in [0.4, 0.5) is 17.6 Å². The van der Waals surface area contributed by atoms with Crippen molar-refractivity contribution >= 4 is 11.7 Å². The smallest absolute Gasteiger partial charge is 0.404 e. The molecule has 0 spiro atoms. The fraction of sp³-hybridized carbons (Fsp3) is 0.562. The van der Waals surface area contributed by atoms with Gasteiger partial charge in [-0.15, -0.1) is 0 Å². The number of benzene rings is 2. The maximum Gasteiger partial charge on any atom is 0.404 e. The maximum absolute atomic E-state index is 15.2. The lowest BCUT2D eigenvalue weighted by Gasteiger charge is -2.50. The normalized spacial score (nSPS) is 25.4. The number of ketones is 1. The zero-order chi connectivity index (χ0) is 30.0. The molecule has 2 aromatic rings. The number of rotatable bonds is 9. The highest BCUT2D eigenvalue weighted by Crippen LogP contribution is 2.49. The monoisotopic (exact) mass is 589 g/mol. The van der Waals surface area contributed by atoms with E-state index in [1.807, 2.05) is 0 Å². The van der Waals surface area contributed by atoms with Gasteiger partial charge in [-0.3, -0.25) is 14.5 Å². The number of carbonyl (C=O) groups is 2. The van der Waals surface area contributed by atoms with Crippen LogP contribution in [-0.2, 0) is 4.79 Å². The molecule has 3 aliphatic heterocycles. The number of phenolic OH excluding ortho intramolecular Hbond substituents is 1. The molecule has 228 valence electrons. The first kappa shape index (κ1) is 30.5. The molecule has 3 saturated heterocycles. The van der Waals surface area contributed by atoms with Crippen molar-refractivity contribution < 1.29 is 32.3 Å². The summed E-state index contributed by atoms with van der Waals surface area (Å²) in [6, 6.07) is 7.82. The minimum atomic E-state index is -4.75. The molecular formula is C32H39F4N3O3. The Hall–Kier alpha value is -2.98. The van der Waals surface area contributed by atoms with Crippen LogP contribution in [0.1, 0.15) is 59.5 Å². The van der Waals surface area contributed by atoms with Crippen molar-refractivity contribution in [3.05, 3.63) is 65.0 Å². The van der Waals surface area contributed by atoms with Crippen molar-refractivity contribution in [3.63, 3.8) is 0 Å². The van der Waals surface area contributed by atoms with Gasteiger partial charge in [0.25, 0.3) is 0 Å². The highest BCUT2D eigenvalue weighted by molar-refractivity contribution is 5.99. The van der Waals surface area contributed by atoms with Crippen LogP contribution in [0.15, 0.2) is 42.5 Å². The van der Waals surface area contributed by atoms with Crippen LogP contribution in [0.5, 0.6) is 5.75 Å². The van der Waals surface area contributed by atoms with Crippen LogP contribution >= 0.6 is 0 Å². The Morgan fingerprint density at radius 3 is 2.29 bits per heavy atom. The van der Waals surface area contributed by atoms with E-state index in [0.717, 1.165) is 26.1 Å². The Balaban J connectivity index is 1.60. The number of Topliss-reactive ketones (excluding diaryl/α,β-unsaturated/α-hetero) is 1.